The van der Waals surface area contributed by atoms with E-state index in [9.17, 15) is 13.6 Å². The molecular weight excluding hydrogens is 280 g/mol. The second kappa shape index (κ2) is 4.50. The number of ether oxygens (including phenoxy) is 1. The van der Waals surface area contributed by atoms with Gasteiger partial charge in [-0.3, -0.25) is 4.79 Å². The van der Waals surface area contributed by atoms with Crippen LogP contribution in [0.15, 0.2) is 32.4 Å². The second-order valence-electron chi connectivity index (χ2n) is 4.19. The topological polar surface area (TPSA) is 77.0 Å². The average molecular weight is 290 g/mol. The third kappa shape index (κ3) is 2.43. The van der Waals surface area contributed by atoms with Crippen LogP contribution >= 0.6 is 11.6 Å². The van der Waals surface area contributed by atoms with Gasteiger partial charge in [-0.1, -0.05) is 11.6 Å². The van der Waals surface area contributed by atoms with Crippen LogP contribution in [0.4, 0.5) is 8.78 Å². The van der Waals surface area contributed by atoms with Gasteiger partial charge in [0, 0.05) is 24.9 Å². The van der Waals surface area contributed by atoms with E-state index in [4.69, 9.17) is 22.1 Å². The summed E-state index contributed by atoms with van der Waals surface area (Å²) in [4.78, 5) is 19.2. The van der Waals surface area contributed by atoms with Gasteiger partial charge in [-0.25, -0.2) is 18.8 Å². The standard InChI is InChI=1S/C11H10ClF2N3O2/c1-10(13,14)5-19-11(9(15)18)7-6(2-3-17-11)4-16-8(7)12/h2-4H,5H2,1H3,(H2,15,18). The van der Waals surface area contributed by atoms with Gasteiger partial charge in [0.1, 0.15) is 11.8 Å². The Labute approximate surface area is 112 Å². The number of allylic oxidation sites excluding steroid dienone is 1. The Morgan fingerprint density at radius 3 is 2.89 bits per heavy atom. The highest BCUT2D eigenvalue weighted by atomic mass is 35.5. The highest BCUT2D eigenvalue weighted by Crippen LogP contribution is 2.39. The van der Waals surface area contributed by atoms with E-state index in [-0.39, 0.29) is 10.7 Å². The van der Waals surface area contributed by atoms with Crippen molar-refractivity contribution in [1.82, 2.24) is 0 Å². The van der Waals surface area contributed by atoms with Crippen molar-refractivity contribution in [2.45, 2.75) is 18.6 Å². The Morgan fingerprint density at radius 1 is 1.63 bits per heavy atom. The van der Waals surface area contributed by atoms with Crippen molar-refractivity contribution in [2.75, 3.05) is 6.61 Å². The molecule has 0 aliphatic carbocycles. The molecule has 102 valence electrons. The zero-order chi connectivity index (χ0) is 14.3. The molecule has 2 N–H and O–H groups in total. The largest absolute Gasteiger partial charge is 0.365 e. The number of dihydropyridines is 1. The Kier molecular flexibility index (Phi) is 3.27. The summed E-state index contributed by atoms with van der Waals surface area (Å²) in [6, 6.07) is 0. The van der Waals surface area contributed by atoms with Crippen LogP contribution in [-0.4, -0.2) is 36.6 Å². The summed E-state index contributed by atoms with van der Waals surface area (Å²) < 4.78 is 30.9. The summed E-state index contributed by atoms with van der Waals surface area (Å²) in [5, 5.41) is -0.0543. The third-order valence-electron chi connectivity index (χ3n) is 2.53. The van der Waals surface area contributed by atoms with Gasteiger partial charge in [0.2, 0.25) is 0 Å². The van der Waals surface area contributed by atoms with Gasteiger partial charge in [-0.05, 0) is 6.08 Å². The lowest BCUT2D eigenvalue weighted by Crippen LogP contribution is -2.49. The van der Waals surface area contributed by atoms with Crippen LogP contribution in [0.1, 0.15) is 6.92 Å². The van der Waals surface area contributed by atoms with Crippen LogP contribution < -0.4 is 5.73 Å². The molecule has 2 rings (SSSR count). The number of amides is 1. The maximum Gasteiger partial charge on any atom is 0.277 e. The Balaban J connectivity index is 2.41. The molecule has 0 aromatic heterocycles. The van der Waals surface area contributed by atoms with E-state index in [0.717, 1.165) is 0 Å². The smallest absolute Gasteiger partial charge is 0.277 e. The molecule has 2 heterocycles. The predicted molar refractivity (Wildman–Crippen MR) is 66.4 cm³/mol. The number of alkyl halides is 2. The number of hydrogen-bond donors (Lipinski definition) is 1. The van der Waals surface area contributed by atoms with Crippen LogP contribution in [0.25, 0.3) is 0 Å². The average Bonchev–Trinajstić information content (AvgIpc) is 2.68. The van der Waals surface area contributed by atoms with Crippen molar-refractivity contribution in [1.29, 1.82) is 0 Å². The zero-order valence-electron chi connectivity index (χ0n) is 9.86. The third-order valence-corrected chi connectivity index (χ3v) is 2.82. The zero-order valence-corrected chi connectivity index (χ0v) is 10.6. The van der Waals surface area contributed by atoms with Crippen LogP contribution in [0.5, 0.6) is 0 Å². The van der Waals surface area contributed by atoms with Gasteiger partial charge in [0.05, 0.1) is 5.57 Å². The summed E-state index contributed by atoms with van der Waals surface area (Å²) in [7, 11) is 0. The van der Waals surface area contributed by atoms with E-state index in [1.54, 1.807) is 0 Å². The van der Waals surface area contributed by atoms with Gasteiger partial charge < -0.3 is 10.5 Å². The number of primary amides is 1. The molecule has 0 aromatic rings. The molecule has 0 bridgehead atoms. The van der Waals surface area contributed by atoms with Crippen LogP contribution in [0.2, 0.25) is 0 Å². The number of fused-ring (bicyclic) bond motifs is 1. The first-order chi connectivity index (χ1) is 8.76. The molecule has 1 amide bonds. The van der Waals surface area contributed by atoms with E-state index in [0.29, 0.717) is 12.5 Å². The van der Waals surface area contributed by atoms with Crippen LogP contribution in [-0.2, 0) is 9.53 Å². The lowest BCUT2D eigenvalue weighted by Gasteiger charge is -2.31. The molecule has 19 heavy (non-hydrogen) atoms. The lowest BCUT2D eigenvalue weighted by atomic mass is 9.94. The van der Waals surface area contributed by atoms with Crippen molar-refractivity contribution in [3.05, 3.63) is 22.4 Å². The van der Waals surface area contributed by atoms with E-state index in [1.807, 2.05) is 0 Å². The maximum absolute atomic E-state index is 12.9. The first-order valence-corrected chi connectivity index (χ1v) is 5.66. The van der Waals surface area contributed by atoms with Gasteiger partial charge in [0.15, 0.2) is 0 Å². The number of carbonyl (C=O) groups excluding carboxylic acids is 1. The van der Waals surface area contributed by atoms with Crippen LogP contribution in [0, 0.1) is 0 Å². The SMILES string of the molecule is CC(F)(F)COC1(C(N)=O)N=CC=C2C=NC(Cl)=C21. The van der Waals surface area contributed by atoms with Gasteiger partial charge in [-0.2, -0.15) is 0 Å². The van der Waals surface area contributed by atoms with Crippen LogP contribution in [0.3, 0.4) is 0 Å². The number of halogens is 3. The van der Waals surface area contributed by atoms with Crippen molar-refractivity contribution in [3.8, 4) is 0 Å². The number of carbonyl (C=O) groups is 1. The summed E-state index contributed by atoms with van der Waals surface area (Å²) >= 11 is 5.86. The van der Waals surface area contributed by atoms with Crippen molar-refractivity contribution < 1.29 is 18.3 Å². The fourth-order valence-corrected chi connectivity index (χ4v) is 2.01. The molecule has 1 unspecified atom stereocenters. The monoisotopic (exact) mass is 289 g/mol. The maximum atomic E-state index is 12.9. The molecule has 2 aliphatic heterocycles. The normalized spacial score (nSPS) is 25.6. The number of rotatable bonds is 4. The Hall–Kier alpha value is -1.60. The molecule has 5 nitrogen and oxygen atoms in total. The minimum absolute atomic E-state index is 0.0543. The predicted octanol–water partition coefficient (Wildman–Crippen LogP) is 1.39. The molecule has 8 heteroatoms. The molecular formula is C11H10ClF2N3O2. The Morgan fingerprint density at radius 2 is 2.32 bits per heavy atom. The summed E-state index contributed by atoms with van der Waals surface area (Å²) in [5.74, 6) is -4.16. The van der Waals surface area contributed by atoms with Gasteiger partial charge in [-0.15, -0.1) is 0 Å². The quantitative estimate of drug-likeness (QED) is 0.794. The highest BCUT2D eigenvalue weighted by Gasteiger charge is 2.48. The lowest BCUT2D eigenvalue weighted by molar-refractivity contribution is -0.150. The molecule has 0 aromatic carbocycles. The highest BCUT2D eigenvalue weighted by molar-refractivity contribution is 6.32. The minimum atomic E-state index is -3.13. The Bertz CT molecular complexity index is 549. The molecule has 0 radical (unpaired) electrons. The molecule has 0 saturated carbocycles. The fourth-order valence-electron chi connectivity index (χ4n) is 1.72. The number of nitrogens with zero attached hydrogens (tertiary/aromatic N) is 2. The van der Waals surface area contributed by atoms with E-state index < -0.39 is 24.2 Å². The molecule has 1 atom stereocenters. The number of nitrogens with two attached hydrogens (primary N) is 1. The van der Waals surface area contributed by atoms with Crippen molar-refractivity contribution in [3.63, 3.8) is 0 Å². The number of aliphatic imine (C=N–C) groups is 2. The fraction of sp³-hybridized carbons (Fsp3) is 0.364. The van der Waals surface area contributed by atoms with Gasteiger partial charge in [0.25, 0.3) is 17.6 Å². The van der Waals surface area contributed by atoms with Gasteiger partial charge >= 0.3 is 0 Å². The first-order valence-electron chi connectivity index (χ1n) is 5.28. The molecule has 0 saturated heterocycles. The minimum Gasteiger partial charge on any atom is -0.365 e. The second-order valence-corrected chi connectivity index (χ2v) is 4.55. The summed E-state index contributed by atoms with van der Waals surface area (Å²) in [6.45, 7) is -0.361. The number of hydrogen-bond acceptors (Lipinski definition) is 4. The summed E-state index contributed by atoms with van der Waals surface area (Å²) in [6.07, 6.45) is 4.16. The molecule has 2 aliphatic rings. The van der Waals surface area contributed by atoms with Crippen molar-refractivity contribution in [2.24, 2.45) is 15.7 Å². The molecule has 0 spiro atoms. The van der Waals surface area contributed by atoms with E-state index in [1.165, 1.54) is 18.5 Å². The first kappa shape index (κ1) is 13.8. The van der Waals surface area contributed by atoms with E-state index in [2.05, 4.69) is 9.98 Å². The van der Waals surface area contributed by atoms with Crippen molar-refractivity contribution >= 4 is 29.9 Å². The molecule has 0 fully saturated rings. The van der Waals surface area contributed by atoms with E-state index >= 15 is 0 Å². The summed E-state index contributed by atoms with van der Waals surface area (Å²) in [5.41, 5.74) is 3.74.